The molecule has 2 N–H and O–H groups in total. The molecule has 7 heteroatoms. The smallest absolute Gasteiger partial charge is 0.262 e. The number of fused-ring (bicyclic) bond motifs is 1. The molecular formula is C19H17ClN2O3S. The Kier molecular flexibility index (Phi) is 5.98. The maximum absolute atomic E-state index is 12.4. The minimum Gasteiger partial charge on any atom is -0.383 e. The largest absolute Gasteiger partial charge is 0.383 e. The minimum atomic E-state index is -0.223. The van der Waals surface area contributed by atoms with Gasteiger partial charge in [0.2, 0.25) is 0 Å². The molecule has 0 bridgehead atoms. The predicted molar refractivity (Wildman–Crippen MR) is 105 cm³/mol. The van der Waals surface area contributed by atoms with Crippen LogP contribution < -0.4 is 10.6 Å². The third-order valence-electron chi connectivity index (χ3n) is 3.72. The van der Waals surface area contributed by atoms with Crippen molar-refractivity contribution in [1.82, 2.24) is 5.32 Å². The monoisotopic (exact) mass is 388 g/mol. The highest BCUT2D eigenvalue weighted by Gasteiger charge is 2.22. The van der Waals surface area contributed by atoms with Gasteiger partial charge in [-0.15, -0.1) is 0 Å². The van der Waals surface area contributed by atoms with Crippen LogP contribution in [0.15, 0.2) is 52.3 Å². The molecule has 0 saturated heterocycles. The van der Waals surface area contributed by atoms with E-state index in [9.17, 15) is 9.59 Å². The molecule has 0 atom stereocenters. The summed E-state index contributed by atoms with van der Waals surface area (Å²) in [4.78, 5) is 25.9. The number of anilines is 1. The van der Waals surface area contributed by atoms with Gasteiger partial charge in [-0.3, -0.25) is 9.59 Å². The summed E-state index contributed by atoms with van der Waals surface area (Å²) in [5.41, 5.74) is 1.89. The van der Waals surface area contributed by atoms with E-state index in [1.54, 1.807) is 31.4 Å². The number of carbonyl (C=O) groups excluding carboxylic acids is 2. The molecule has 0 aromatic heterocycles. The Morgan fingerprint density at radius 2 is 2.12 bits per heavy atom. The molecule has 5 nitrogen and oxygen atoms in total. The van der Waals surface area contributed by atoms with Gasteiger partial charge in [0.25, 0.3) is 11.8 Å². The Bertz CT molecular complexity index is 883. The van der Waals surface area contributed by atoms with Crippen molar-refractivity contribution >= 4 is 46.9 Å². The number of halogens is 1. The molecule has 26 heavy (non-hydrogen) atoms. The molecule has 1 heterocycles. The third-order valence-corrected chi connectivity index (χ3v) is 5.16. The molecular weight excluding hydrogens is 372 g/mol. The van der Waals surface area contributed by atoms with Crippen LogP contribution in [0.25, 0.3) is 6.08 Å². The van der Waals surface area contributed by atoms with Crippen molar-refractivity contribution in [2.75, 3.05) is 25.6 Å². The van der Waals surface area contributed by atoms with Crippen LogP contribution in [0.5, 0.6) is 0 Å². The summed E-state index contributed by atoms with van der Waals surface area (Å²) in [6, 6.07) is 12.6. The lowest BCUT2D eigenvalue weighted by Gasteiger charge is -2.19. The topological polar surface area (TPSA) is 67.4 Å². The summed E-state index contributed by atoms with van der Waals surface area (Å²) in [7, 11) is 1.57. The third kappa shape index (κ3) is 4.27. The maximum Gasteiger partial charge on any atom is 0.262 e. The first-order valence-corrected chi connectivity index (χ1v) is 9.14. The number of ether oxygens (including phenoxy) is 1. The predicted octanol–water partition coefficient (Wildman–Crippen LogP) is 3.80. The zero-order valence-corrected chi connectivity index (χ0v) is 15.6. The molecule has 0 unspecified atom stereocenters. The first-order valence-electron chi connectivity index (χ1n) is 7.95. The molecule has 0 fully saturated rings. The van der Waals surface area contributed by atoms with Gasteiger partial charge in [0.1, 0.15) is 0 Å². The Labute approximate surface area is 160 Å². The van der Waals surface area contributed by atoms with Crippen LogP contribution >= 0.6 is 23.4 Å². The Morgan fingerprint density at radius 3 is 2.88 bits per heavy atom. The Balaban J connectivity index is 1.80. The van der Waals surface area contributed by atoms with Crippen molar-refractivity contribution in [2.45, 2.75) is 4.90 Å². The highest BCUT2D eigenvalue weighted by molar-refractivity contribution is 8.04. The molecule has 2 aromatic carbocycles. The van der Waals surface area contributed by atoms with Crippen molar-refractivity contribution in [1.29, 1.82) is 0 Å². The van der Waals surface area contributed by atoms with Gasteiger partial charge in [-0.1, -0.05) is 41.6 Å². The summed E-state index contributed by atoms with van der Waals surface area (Å²) in [6.45, 7) is 0.873. The fourth-order valence-corrected chi connectivity index (χ4v) is 3.52. The van der Waals surface area contributed by atoms with Gasteiger partial charge in [0.05, 0.1) is 17.2 Å². The first-order chi connectivity index (χ1) is 12.6. The zero-order chi connectivity index (χ0) is 18.5. The zero-order valence-electron chi connectivity index (χ0n) is 14.0. The fourth-order valence-electron chi connectivity index (χ4n) is 2.40. The first kappa shape index (κ1) is 18.5. The molecule has 2 aromatic rings. The van der Waals surface area contributed by atoms with Crippen molar-refractivity contribution in [3.05, 3.63) is 63.5 Å². The lowest BCUT2D eigenvalue weighted by Crippen LogP contribution is -2.27. The molecule has 1 aliphatic rings. The average molecular weight is 389 g/mol. The van der Waals surface area contributed by atoms with Crippen molar-refractivity contribution in [2.24, 2.45) is 0 Å². The van der Waals surface area contributed by atoms with Gasteiger partial charge < -0.3 is 15.4 Å². The average Bonchev–Trinajstić information content (AvgIpc) is 2.64. The van der Waals surface area contributed by atoms with Gasteiger partial charge >= 0.3 is 0 Å². The lowest BCUT2D eigenvalue weighted by atomic mass is 10.1. The molecule has 0 aliphatic carbocycles. The van der Waals surface area contributed by atoms with Crippen LogP contribution in [0.4, 0.5) is 5.69 Å². The lowest BCUT2D eigenvalue weighted by molar-refractivity contribution is -0.112. The number of methoxy groups -OCH3 is 1. The van der Waals surface area contributed by atoms with E-state index in [2.05, 4.69) is 10.6 Å². The number of nitrogens with one attached hydrogen (secondary N) is 2. The summed E-state index contributed by atoms with van der Waals surface area (Å²) >= 11 is 7.51. The summed E-state index contributed by atoms with van der Waals surface area (Å²) in [5.74, 6) is -0.430. The van der Waals surface area contributed by atoms with Crippen LogP contribution in [0.1, 0.15) is 15.9 Å². The summed E-state index contributed by atoms with van der Waals surface area (Å²) in [6.07, 6.45) is 1.76. The van der Waals surface area contributed by atoms with Crippen LogP contribution in [-0.4, -0.2) is 32.1 Å². The van der Waals surface area contributed by atoms with E-state index in [0.29, 0.717) is 34.3 Å². The second-order valence-electron chi connectivity index (χ2n) is 5.55. The standard InChI is InChI=1S/C19H17ClN2O3S/c1-25-9-8-21-18(23)13-6-7-16-15(10-13)22-19(24)17(26-16)11-12-4-2-3-5-14(12)20/h2-7,10-11H,8-9H2,1H3,(H,21,23)(H,22,24)/b17-11+. The molecule has 3 rings (SSSR count). The SMILES string of the molecule is COCCNC(=O)c1ccc2c(c1)NC(=O)/C(=C\c1ccccc1Cl)S2. The Morgan fingerprint density at radius 1 is 1.31 bits per heavy atom. The van der Waals surface area contributed by atoms with E-state index < -0.39 is 0 Å². The Hall–Kier alpha value is -2.28. The maximum atomic E-state index is 12.4. The van der Waals surface area contributed by atoms with Crippen LogP contribution in [0.2, 0.25) is 5.02 Å². The van der Waals surface area contributed by atoms with Gasteiger partial charge in [0, 0.05) is 29.1 Å². The van der Waals surface area contributed by atoms with Gasteiger partial charge in [-0.05, 0) is 35.9 Å². The number of hydrogen-bond acceptors (Lipinski definition) is 4. The van der Waals surface area contributed by atoms with Crippen molar-refractivity contribution < 1.29 is 14.3 Å². The number of thioether (sulfide) groups is 1. The van der Waals surface area contributed by atoms with Crippen LogP contribution in [0, 0.1) is 0 Å². The van der Waals surface area contributed by atoms with Gasteiger partial charge in [-0.25, -0.2) is 0 Å². The number of benzene rings is 2. The summed E-state index contributed by atoms with van der Waals surface area (Å²) in [5, 5.41) is 6.18. The normalized spacial score (nSPS) is 14.7. The molecule has 134 valence electrons. The van der Waals surface area contributed by atoms with Gasteiger partial charge in [0.15, 0.2) is 0 Å². The minimum absolute atomic E-state index is 0.207. The van der Waals surface area contributed by atoms with Crippen molar-refractivity contribution in [3.8, 4) is 0 Å². The molecule has 2 amide bonds. The number of amides is 2. The van der Waals surface area contributed by atoms with Gasteiger partial charge in [-0.2, -0.15) is 0 Å². The van der Waals surface area contributed by atoms with Crippen LogP contribution in [-0.2, 0) is 9.53 Å². The van der Waals surface area contributed by atoms with Crippen LogP contribution in [0.3, 0.4) is 0 Å². The summed E-state index contributed by atoms with van der Waals surface area (Å²) < 4.78 is 4.91. The number of carbonyl (C=O) groups is 2. The molecule has 0 radical (unpaired) electrons. The van der Waals surface area contributed by atoms with E-state index in [4.69, 9.17) is 16.3 Å². The second kappa shape index (κ2) is 8.40. The number of rotatable bonds is 5. The number of hydrogen-bond donors (Lipinski definition) is 2. The van der Waals surface area contributed by atoms with E-state index in [1.807, 2.05) is 24.3 Å². The van der Waals surface area contributed by atoms with E-state index >= 15 is 0 Å². The van der Waals surface area contributed by atoms with E-state index in [-0.39, 0.29) is 11.8 Å². The van der Waals surface area contributed by atoms with E-state index in [1.165, 1.54) is 11.8 Å². The molecule has 0 saturated carbocycles. The second-order valence-corrected chi connectivity index (χ2v) is 7.04. The highest BCUT2D eigenvalue weighted by atomic mass is 35.5. The molecule has 0 spiro atoms. The van der Waals surface area contributed by atoms with E-state index in [0.717, 1.165) is 10.5 Å². The fraction of sp³-hybridized carbons (Fsp3) is 0.158. The van der Waals surface area contributed by atoms with Crippen molar-refractivity contribution in [3.63, 3.8) is 0 Å². The molecule has 1 aliphatic heterocycles. The quantitative estimate of drug-likeness (QED) is 0.604. The highest BCUT2D eigenvalue weighted by Crippen LogP contribution is 2.39.